The molecule has 0 aliphatic heterocycles. The number of carbonyl (C=O) groups is 1. The SMILES string of the molecule is CCn1nc(C)cc1-c1nnnn1CCC(C)C(=O)O. The number of tetrazole rings is 1. The number of hydrogen-bond acceptors (Lipinski definition) is 5. The molecule has 8 heteroatoms. The van der Waals surface area contributed by atoms with Crippen LogP contribution >= 0.6 is 0 Å². The molecule has 0 fully saturated rings. The topological polar surface area (TPSA) is 98.7 Å². The molecule has 0 aliphatic carbocycles. The zero-order chi connectivity index (χ0) is 14.7. The lowest BCUT2D eigenvalue weighted by atomic mass is 10.1. The van der Waals surface area contributed by atoms with E-state index in [0.717, 1.165) is 17.9 Å². The maximum Gasteiger partial charge on any atom is 0.306 e. The number of nitrogens with zero attached hydrogens (tertiary/aromatic N) is 6. The Bertz CT molecular complexity index is 603. The fourth-order valence-corrected chi connectivity index (χ4v) is 1.94. The van der Waals surface area contributed by atoms with E-state index in [1.165, 1.54) is 0 Å². The lowest BCUT2D eigenvalue weighted by Crippen LogP contribution is -2.14. The van der Waals surface area contributed by atoms with Crippen molar-refractivity contribution in [3.63, 3.8) is 0 Å². The van der Waals surface area contributed by atoms with E-state index in [9.17, 15) is 4.79 Å². The van der Waals surface area contributed by atoms with Gasteiger partial charge < -0.3 is 5.11 Å². The van der Waals surface area contributed by atoms with E-state index in [1.807, 2.05) is 24.6 Å². The second-order valence-corrected chi connectivity index (χ2v) is 4.74. The fraction of sp³-hybridized carbons (Fsp3) is 0.583. The first kappa shape index (κ1) is 14.2. The van der Waals surface area contributed by atoms with Gasteiger partial charge in [0.25, 0.3) is 0 Å². The molecule has 1 N–H and O–H groups in total. The molecule has 0 radical (unpaired) electrons. The van der Waals surface area contributed by atoms with E-state index in [-0.39, 0.29) is 0 Å². The van der Waals surface area contributed by atoms with Gasteiger partial charge in [0.05, 0.1) is 11.6 Å². The van der Waals surface area contributed by atoms with Crippen LogP contribution in [0.1, 0.15) is 26.0 Å². The van der Waals surface area contributed by atoms with Gasteiger partial charge >= 0.3 is 5.97 Å². The van der Waals surface area contributed by atoms with Crippen LogP contribution in [0, 0.1) is 12.8 Å². The minimum Gasteiger partial charge on any atom is -0.481 e. The molecule has 1 unspecified atom stereocenters. The smallest absolute Gasteiger partial charge is 0.306 e. The number of aromatic nitrogens is 6. The van der Waals surface area contributed by atoms with Crippen LogP contribution < -0.4 is 0 Å². The Morgan fingerprint density at radius 1 is 1.45 bits per heavy atom. The molecule has 0 bridgehead atoms. The van der Waals surface area contributed by atoms with Gasteiger partial charge in [-0.05, 0) is 36.8 Å². The number of aryl methyl sites for hydroxylation is 3. The van der Waals surface area contributed by atoms with Gasteiger partial charge in [0.1, 0.15) is 5.69 Å². The first-order valence-electron chi connectivity index (χ1n) is 6.56. The third-order valence-corrected chi connectivity index (χ3v) is 3.16. The third kappa shape index (κ3) is 2.84. The van der Waals surface area contributed by atoms with Crippen LogP contribution in [0.15, 0.2) is 6.07 Å². The normalized spacial score (nSPS) is 12.6. The highest BCUT2D eigenvalue weighted by atomic mass is 16.4. The summed E-state index contributed by atoms with van der Waals surface area (Å²) in [4.78, 5) is 10.8. The molecule has 0 saturated heterocycles. The molecular weight excluding hydrogens is 260 g/mol. The van der Waals surface area contributed by atoms with Crippen molar-refractivity contribution in [3.8, 4) is 11.5 Å². The molecule has 2 aromatic rings. The van der Waals surface area contributed by atoms with Crippen molar-refractivity contribution in [1.82, 2.24) is 30.0 Å². The van der Waals surface area contributed by atoms with Gasteiger partial charge in [-0.3, -0.25) is 9.48 Å². The Morgan fingerprint density at radius 2 is 2.20 bits per heavy atom. The maximum absolute atomic E-state index is 10.8. The predicted molar refractivity (Wildman–Crippen MR) is 70.9 cm³/mol. The lowest BCUT2D eigenvalue weighted by Gasteiger charge is -2.08. The summed E-state index contributed by atoms with van der Waals surface area (Å²) in [5.41, 5.74) is 1.74. The van der Waals surface area contributed by atoms with Crippen LogP contribution in [0.4, 0.5) is 0 Å². The second kappa shape index (κ2) is 5.81. The van der Waals surface area contributed by atoms with E-state index < -0.39 is 11.9 Å². The molecule has 0 aromatic carbocycles. The summed E-state index contributed by atoms with van der Waals surface area (Å²) >= 11 is 0. The van der Waals surface area contributed by atoms with Crippen LogP contribution in [0.5, 0.6) is 0 Å². The number of carboxylic acids is 1. The molecule has 0 aliphatic rings. The quantitative estimate of drug-likeness (QED) is 0.845. The van der Waals surface area contributed by atoms with Crippen LogP contribution in [0.3, 0.4) is 0 Å². The molecule has 20 heavy (non-hydrogen) atoms. The maximum atomic E-state index is 10.8. The lowest BCUT2D eigenvalue weighted by molar-refractivity contribution is -0.141. The van der Waals surface area contributed by atoms with Gasteiger partial charge in [0.2, 0.25) is 0 Å². The molecule has 0 amide bonds. The number of carboxylic acid groups (broad SMARTS) is 1. The van der Waals surface area contributed by atoms with Crippen molar-refractivity contribution >= 4 is 5.97 Å². The number of aliphatic carboxylic acids is 1. The molecular formula is C12H18N6O2. The summed E-state index contributed by atoms with van der Waals surface area (Å²) in [5.74, 6) is -0.621. The van der Waals surface area contributed by atoms with Crippen LogP contribution in [0.25, 0.3) is 11.5 Å². The molecule has 0 saturated carbocycles. The van der Waals surface area contributed by atoms with E-state index in [0.29, 0.717) is 18.8 Å². The van der Waals surface area contributed by atoms with Crippen molar-refractivity contribution in [2.45, 2.75) is 40.3 Å². The average molecular weight is 278 g/mol. The Balaban J connectivity index is 2.22. The zero-order valence-electron chi connectivity index (χ0n) is 11.8. The zero-order valence-corrected chi connectivity index (χ0v) is 11.8. The highest BCUT2D eigenvalue weighted by molar-refractivity contribution is 5.69. The van der Waals surface area contributed by atoms with E-state index in [1.54, 1.807) is 11.6 Å². The highest BCUT2D eigenvalue weighted by Crippen LogP contribution is 2.18. The van der Waals surface area contributed by atoms with Crippen molar-refractivity contribution in [1.29, 1.82) is 0 Å². The summed E-state index contributed by atoms with van der Waals surface area (Å²) < 4.78 is 3.46. The van der Waals surface area contributed by atoms with E-state index in [4.69, 9.17) is 5.11 Å². The molecule has 2 rings (SSSR count). The monoisotopic (exact) mass is 278 g/mol. The van der Waals surface area contributed by atoms with Crippen LogP contribution in [-0.2, 0) is 17.9 Å². The largest absolute Gasteiger partial charge is 0.481 e. The first-order chi connectivity index (χ1) is 9.52. The Kier molecular flexibility index (Phi) is 4.11. The van der Waals surface area contributed by atoms with Crippen LogP contribution in [0.2, 0.25) is 0 Å². The standard InChI is InChI=1S/C12H18N6O2/c1-4-17-10(7-9(3)14-17)11-13-15-16-18(11)6-5-8(2)12(19)20/h7-8H,4-6H2,1-3H3,(H,19,20). The summed E-state index contributed by atoms with van der Waals surface area (Å²) in [7, 11) is 0. The Morgan fingerprint density at radius 3 is 2.85 bits per heavy atom. The van der Waals surface area contributed by atoms with Gasteiger partial charge in [0.15, 0.2) is 5.82 Å². The van der Waals surface area contributed by atoms with E-state index in [2.05, 4.69) is 20.6 Å². The fourth-order valence-electron chi connectivity index (χ4n) is 1.94. The van der Waals surface area contributed by atoms with Crippen molar-refractivity contribution in [2.24, 2.45) is 5.92 Å². The number of rotatable bonds is 6. The van der Waals surface area contributed by atoms with Crippen molar-refractivity contribution in [3.05, 3.63) is 11.8 Å². The Labute approximate surface area is 116 Å². The number of hydrogen-bond donors (Lipinski definition) is 1. The minimum atomic E-state index is -0.811. The Hall–Kier alpha value is -2.25. The predicted octanol–water partition coefficient (Wildman–Crippen LogP) is 0.976. The van der Waals surface area contributed by atoms with Gasteiger partial charge in [-0.1, -0.05) is 6.92 Å². The molecule has 108 valence electrons. The van der Waals surface area contributed by atoms with Crippen molar-refractivity contribution in [2.75, 3.05) is 0 Å². The van der Waals surface area contributed by atoms with Crippen LogP contribution in [-0.4, -0.2) is 41.1 Å². The molecule has 2 aromatic heterocycles. The summed E-state index contributed by atoms with van der Waals surface area (Å²) in [6.07, 6.45) is 0.479. The van der Waals surface area contributed by atoms with Gasteiger partial charge in [-0.25, -0.2) is 4.68 Å². The average Bonchev–Trinajstić information content (AvgIpc) is 3.01. The molecule has 2 heterocycles. The third-order valence-electron chi connectivity index (χ3n) is 3.16. The second-order valence-electron chi connectivity index (χ2n) is 4.74. The van der Waals surface area contributed by atoms with Crippen molar-refractivity contribution < 1.29 is 9.90 Å². The van der Waals surface area contributed by atoms with Gasteiger partial charge in [-0.2, -0.15) is 5.10 Å². The van der Waals surface area contributed by atoms with Gasteiger partial charge in [0, 0.05) is 13.1 Å². The summed E-state index contributed by atoms with van der Waals surface area (Å²) in [6, 6.07) is 1.92. The highest BCUT2D eigenvalue weighted by Gasteiger charge is 2.17. The van der Waals surface area contributed by atoms with Gasteiger partial charge in [-0.15, -0.1) is 5.10 Å². The van der Waals surface area contributed by atoms with E-state index >= 15 is 0 Å². The summed E-state index contributed by atoms with van der Waals surface area (Å²) in [5, 5.41) is 24.9. The first-order valence-corrected chi connectivity index (χ1v) is 6.56. The summed E-state index contributed by atoms with van der Waals surface area (Å²) in [6.45, 7) is 6.77. The molecule has 1 atom stereocenters. The minimum absolute atomic E-state index is 0.426. The molecule has 0 spiro atoms. The molecule has 8 nitrogen and oxygen atoms in total.